The van der Waals surface area contributed by atoms with Crippen LogP contribution in [0, 0.1) is 17.3 Å². The van der Waals surface area contributed by atoms with Gasteiger partial charge in [0.2, 0.25) is 6.29 Å². The van der Waals surface area contributed by atoms with Crippen molar-refractivity contribution in [3.63, 3.8) is 0 Å². The van der Waals surface area contributed by atoms with Crippen LogP contribution in [0.5, 0.6) is 0 Å². The van der Waals surface area contributed by atoms with E-state index in [9.17, 15) is 30.0 Å². The van der Waals surface area contributed by atoms with E-state index in [1.807, 2.05) is 0 Å². The molecular weight excluding hydrogens is 383 g/mol. The van der Waals surface area contributed by atoms with Crippen molar-refractivity contribution in [2.75, 3.05) is 6.61 Å². The number of carboxylic acid groups (broad SMARTS) is 1. The zero-order valence-electron chi connectivity index (χ0n) is 13.0. The summed E-state index contributed by atoms with van der Waals surface area (Å²) in [4.78, 5) is 23.3. The van der Waals surface area contributed by atoms with Gasteiger partial charge in [-0.3, -0.25) is 4.79 Å². The highest BCUT2D eigenvalue weighted by Gasteiger charge is 2.65. The largest absolute Gasteiger partial charge is 0.479 e. The van der Waals surface area contributed by atoms with E-state index in [-0.39, 0.29) is 11.1 Å². The second-order valence-corrected chi connectivity index (χ2v) is 7.30. The molecule has 25 heavy (non-hydrogen) atoms. The van der Waals surface area contributed by atoms with Gasteiger partial charge in [-0.05, 0) is 6.08 Å². The third-order valence-electron chi connectivity index (χ3n) is 4.67. The number of allylic oxidation sites excluding steroid dienone is 1. The topological polar surface area (TPSA) is 154 Å². The average Bonchev–Trinajstić information content (AvgIpc) is 3.11. The maximum Gasteiger partial charge on any atom is 0.335 e. The molecule has 1 aliphatic carbocycles. The summed E-state index contributed by atoms with van der Waals surface area (Å²) in [7, 11) is 0. The van der Waals surface area contributed by atoms with Gasteiger partial charge in [0.1, 0.15) is 22.8 Å². The molecule has 0 spiro atoms. The van der Waals surface area contributed by atoms with Crippen LogP contribution in [-0.4, -0.2) is 74.8 Å². The van der Waals surface area contributed by atoms with E-state index in [2.05, 4.69) is 0 Å². The summed E-state index contributed by atoms with van der Waals surface area (Å²) in [5.41, 5.74) is -0.893. The number of ether oxygens (including phenoxy) is 2. The zero-order valence-corrected chi connectivity index (χ0v) is 14.5. The summed E-state index contributed by atoms with van der Waals surface area (Å²) < 4.78 is 9.74. The van der Waals surface area contributed by atoms with Crippen LogP contribution in [0.25, 0.3) is 0 Å². The summed E-state index contributed by atoms with van der Waals surface area (Å²) in [6.45, 7) is 1.22. The van der Waals surface area contributed by atoms with Crippen molar-refractivity contribution < 1.29 is 44.6 Å². The number of carbonyl (C=O) groups excluding carboxylic acids is 1. The molecule has 0 aromatic heterocycles. The lowest BCUT2D eigenvalue weighted by molar-refractivity contribution is -0.287. The van der Waals surface area contributed by atoms with E-state index in [4.69, 9.17) is 37.8 Å². The highest BCUT2D eigenvalue weighted by atomic mass is 35.5. The van der Waals surface area contributed by atoms with Gasteiger partial charge in [-0.15, -0.1) is 0 Å². The van der Waals surface area contributed by atoms with Crippen LogP contribution in [0.15, 0.2) is 10.6 Å². The molecule has 1 aliphatic heterocycles. The molecule has 8 atom stereocenters. The summed E-state index contributed by atoms with van der Waals surface area (Å²) >= 11 is 11.1. The maximum atomic E-state index is 12.3. The van der Waals surface area contributed by atoms with Crippen LogP contribution in [0.1, 0.15) is 6.92 Å². The monoisotopic (exact) mass is 400 g/mol. The molecule has 0 aromatic rings. The first-order valence-corrected chi connectivity index (χ1v) is 8.06. The highest BCUT2D eigenvalue weighted by molar-refractivity contribution is 6.55. The predicted octanol–water partition coefficient (Wildman–Crippen LogP) is -1.01. The van der Waals surface area contributed by atoms with Crippen LogP contribution < -0.4 is 0 Å². The quantitative estimate of drug-likeness (QED) is 0.365. The number of rotatable bonds is 5. The SMILES string of the molecule is CC1(CO)C(C=C(Cl)Cl)C1C(=O)OC1OC(C(=O)O)C(O)C(O)C1O. The Balaban J connectivity index is 2.11. The summed E-state index contributed by atoms with van der Waals surface area (Å²) in [5, 5.41) is 47.6. The van der Waals surface area contributed by atoms with E-state index < -0.39 is 59.9 Å². The highest BCUT2D eigenvalue weighted by Crippen LogP contribution is 2.60. The lowest BCUT2D eigenvalue weighted by Crippen LogP contribution is -2.60. The summed E-state index contributed by atoms with van der Waals surface area (Å²) in [5.74, 6) is -3.88. The first kappa shape index (κ1) is 20.4. The van der Waals surface area contributed by atoms with Crippen molar-refractivity contribution in [1.82, 2.24) is 0 Å². The van der Waals surface area contributed by atoms with Gasteiger partial charge in [0.05, 0.1) is 5.92 Å². The molecule has 0 amide bonds. The second-order valence-electron chi connectivity index (χ2n) is 6.30. The van der Waals surface area contributed by atoms with Crippen LogP contribution in [0.3, 0.4) is 0 Å². The molecule has 2 aliphatic rings. The van der Waals surface area contributed by atoms with Crippen LogP contribution in [-0.2, 0) is 19.1 Å². The molecule has 8 unspecified atom stereocenters. The fourth-order valence-electron chi connectivity index (χ4n) is 2.98. The molecule has 2 rings (SSSR count). The van der Waals surface area contributed by atoms with Gasteiger partial charge in [0.15, 0.2) is 6.10 Å². The van der Waals surface area contributed by atoms with E-state index in [0.717, 1.165) is 0 Å². The normalized spacial score (nSPS) is 43.2. The van der Waals surface area contributed by atoms with Gasteiger partial charge in [0.25, 0.3) is 0 Å². The van der Waals surface area contributed by atoms with Crippen molar-refractivity contribution >= 4 is 35.1 Å². The lowest BCUT2D eigenvalue weighted by Gasteiger charge is -2.38. The summed E-state index contributed by atoms with van der Waals surface area (Å²) in [6.07, 6.45) is -7.94. The molecule has 0 aromatic carbocycles. The standard InChI is InChI=1S/C14H18Cl2O9/c1-14(3-17)4(2-5(15)16)6(14)12(23)25-13-9(20)7(18)8(19)10(24-13)11(21)22/h2,4,6-10,13,17-20H,3H2,1H3,(H,21,22). The fourth-order valence-corrected chi connectivity index (χ4v) is 3.25. The zero-order chi connectivity index (χ0) is 19.1. The minimum Gasteiger partial charge on any atom is -0.479 e. The fraction of sp³-hybridized carbons (Fsp3) is 0.714. The Bertz CT molecular complexity index is 579. The van der Waals surface area contributed by atoms with Gasteiger partial charge in [-0.1, -0.05) is 30.1 Å². The molecule has 142 valence electrons. The van der Waals surface area contributed by atoms with Crippen LogP contribution in [0.4, 0.5) is 0 Å². The van der Waals surface area contributed by atoms with Gasteiger partial charge < -0.3 is 35.0 Å². The van der Waals surface area contributed by atoms with Crippen molar-refractivity contribution in [2.24, 2.45) is 17.3 Å². The number of hydrogen-bond acceptors (Lipinski definition) is 8. The molecule has 0 radical (unpaired) electrons. The summed E-state index contributed by atoms with van der Waals surface area (Å²) in [6, 6.07) is 0. The number of esters is 1. The van der Waals surface area contributed by atoms with Crippen molar-refractivity contribution in [2.45, 2.75) is 37.6 Å². The molecule has 5 N–H and O–H groups in total. The Kier molecular flexibility index (Phi) is 5.99. The van der Waals surface area contributed by atoms with Gasteiger partial charge in [0, 0.05) is 17.9 Å². The minimum atomic E-state index is -1.89. The lowest BCUT2D eigenvalue weighted by atomic mass is 9.99. The van der Waals surface area contributed by atoms with Gasteiger partial charge in [-0.2, -0.15) is 0 Å². The Hall–Kier alpha value is -0.940. The number of aliphatic hydroxyl groups is 4. The van der Waals surface area contributed by atoms with Crippen molar-refractivity contribution in [3.05, 3.63) is 10.6 Å². The van der Waals surface area contributed by atoms with Gasteiger partial charge >= 0.3 is 11.9 Å². The molecule has 0 bridgehead atoms. The number of aliphatic hydroxyl groups excluding tert-OH is 4. The second kappa shape index (κ2) is 7.36. The number of carboxylic acids is 1. The van der Waals surface area contributed by atoms with Crippen molar-refractivity contribution in [1.29, 1.82) is 0 Å². The number of halogens is 2. The minimum absolute atomic E-state index is 0.0987. The Labute approximate surface area is 152 Å². The van der Waals surface area contributed by atoms with Crippen LogP contribution >= 0.6 is 23.2 Å². The van der Waals surface area contributed by atoms with E-state index in [1.165, 1.54) is 6.08 Å². The first-order chi connectivity index (χ1) is 11.5. The number of hydrogen-bond donors (Lipinski definition) is 5. The third-order valence-corrected chi connectivity index (χ3v) is 4.92. The molecule has 11 heteroatoms. The Morgan fingerprint density at radius 1 is 1.20 bits per heavy atom. The van der Waals surface area contributed by atoms with E-state index >= 15 is 0 Å². The Morgan fingerprint density at radius 3 is 2.28 bits per heavy atom. The maximum absolute atomic E-state index is 12.3. The predicted molar refractivity (Wildman–Crippen MR) is 82.4 cm³/mol. The van der Waals surface area contributed by atoms with E-state index in [0.29, 0.717) is 0 Å². The molecule has 1 heterocycles. The van der Waals surface area contributed by atoms with Gasteiger partial charge in [-0.25, -0.2) is 4.79 Å². The molecule has 9 nitrogen and oxygen atoms in total. The third kappa shape index (κ3) is 3.77. The number of carbonyl (C=O) groups is 2. The molecule has 2 fully saturated rings. The van der Waals surface area contributed by atoms with Crippen molar-refractivity contribution in [3.8, 4) is 0 Å². The average molecular weight is 401 g/mol. The molecular formula is C14H18Cl2O9. The first-order valence-electron chi connectivity index (χ1n) is 7.31. The Morgan fingerprint density at radius 2 is 1.80 bits per heavy atom. The van der Waals surface area contributed by atoms with Crippen LogP contribution in [0.2, 0.25) is 0 Å². The molecule has 1 saturated heterocycles. The van der Waals surface area contributed by atoms with E-state index in [1.54, 1.807) is 6.92 Å². The number of aliphatic carboxylic acids is 1. The molecule has 1 saturated carbocycles. The smallest absolute Gasteiger partial charge is 0.335 e.